The van der Waals surface area contributed by atoms with E-state index in [0.717, 1.165) is 25.7 Å². The maximum atomic E-state index is 11.7. The molecule has 2 aromatic rings. The monoisotopic (exact) mass is 657 g/mol. The van der Waals surface area contributed by atoms with Gasteiger partial charge in [-0.25, -0.2) is 14.4 Å². The molecular formula is C38H43NO7S. The van der Waals surface area contributed by atoms with Crippen molar-refractivity contribution in [1.29, 1.82) is 0 Å². The van der Waals surface area contributed by atoms with Crippen LogP contribution in [0.5, 0.6) is 0 Å². The van der Waals surface area contributed by atoms with Gasteiger partial charge in [0.1, 0.15) is 12.2 Å². The van der Waals surface area contributed by atoms with E-state index < -0.39 is 11.9 Å². The third-order valence-corrected chi connectivity index (χ3v) is 10.6. The summed E-state index contributed by atoms with van der Waals surface area (Å²) in [5.41, 5.74) is 7.92. The third kappa shape index (κ3) is 8.33. The van der Waals surface area contributed by atoms with Crippen LogP contribution >= 0.6 is 11.8 Å². The molecule has 7 rings (SSSR count). The highest BCUT2D eigenvalue weighted by atomic mass is 32.2. The number of esters is 1. The molecule has 0 aromatic heterocycles. The number of carboxylic acids is 2. The summed E-state index contributed by atoms with van der Waals surface area (Å²) in [7, 11) is 2.22. The minimum Gasteiger partial charge on any atom is -0.478 e. The van der Waals surface area contributed by atoms with Crippen molar-refractivity contribution in [3.05, 3.63) is 101 Å². The Labute approximate surface area is 280 Å². The summed E-state index contributed by atoms with van der Waals surface area (Å²) in [6.45, 7) is 10.5. The second-order valence-electron chi connectivity index (χ2n) is 12.9. The van der Waals surface area contributed by atoms with Crippen LogP contribution in [0.2, 0.25) is 0 Å². The molecule has 5 aliphatic rings. The summed E-state index contributed by atoms with van der Waals surface area (Å²) < 4.78 is 11.3. The minimum absolute atomic E-state index is 0.0671. The maximum absolute atomic E-state index is 11.7. The van der Waals surface area contributed by atoms with E-state index in [-0.39, 0.29) is 29.7 Å². The largest absolute Gasteiger partial charge is 0.478 e. The molecule has 47 heavy (non-hydrogen) atoms. The summed E-state index contributed by atoms with van der Waals surface area (Å²) in [5.74, 6) is -2.62. The van der Waals surface area contributed by atoms with E-state index in [0.29, 0.717) is 17.7 Å². The Morgan fingerprint density at radius 1 is 0.979 bits per heavy atom. The highest BCUT2D eigenvalue weighted by Gasteiger charge is 2.61. The molecule has 4 unspecified atom stereocenters. The molecule has 4 heterocycles. The average Bonchev–Trinajstić information content (AvgIpc) is 3.64. The average molecular weight is 658 g/mol. The summed E-state index contributed by atoms with van der Waals surface area (Å²) in [5, 5.41) is 15.6. The fraction of sp³-hybridized carbons (Fsp3) is 0.395. The lowest BCUT2D eigenvalue weighted by atomic mass is 9.84. The van der Waals surface area contributed by atoms with Crippen molar-refractivity contribution in [2.45, 2.75) is 80.0 Å². The predicted molar refractivity (Wildman–Crippen MR) is 182 cm³/mol. The van der Waals surface area contributed by atoms with Gasteiger partial charge in [-0.1, -0.05) is 72.0 Å². The third-order valence-electron chi connectivity index (χ3n) is 9.42. The second kappa shape index (κ2) is 14.9. The quantitative estimate of drug-likeness (QED) is 0.128. The van der Waals surface area contributed by atoms with Gasteiger partial charge in [0.25, 0.3) is 0 Å². The number of epoxide rings is 1. The fourth-order valence-electron chi connectivity index (χ4n) is 6.65. The van der Waals surface area contributed by atoms with Crippen LogP contribution in [0.25, 0.3) is 5.57 Å². The van der Waals surface area contributed by atoms with E-state index in [1.807, 2.05) is 11.8 Å². The van der Waals surface area contributed by atoms with Crippen molar-refractivity contribution in [2.75, 3.05) is 20.1 Å². The molecule has 4 aliphatic heterocycles. The molecule has 0 radical (unpaired) electrons. The molecule has 0 amide bonds. The molecule has 0 bridgehead atoms. The van der Waals surface area contributed by atoms with Crippen LogP contribution in [0.4, 0.5) is 0 Å². The SMILES string of the molecule is C=C1C(=O)OC2C1CCC(C)=CCCC1(C)OC21.CN1CCC(=C2c3ccccc3Sc3ccccc32)CC1.O=C(O)C=CC(=O)O. The zero-order valence-corrected chi connectivity index (χ0v) is 28.1. The van der Waals surface area contributed by atoms with Crippen LogP contribution in [-0.2, 0) is 23.9 Å². The Bertz CT molecular complexity index is 1570. The summed E-state index contributed by atoms with van der Waals surface area (Å²) in [6, 6.07) is 17.7. The number of fused-ring (bicyclic) bond motifs is 5. The number of benzene rings is 2. The summed E-state index contributed by atoms with van der Waals surface area (Å²) in [6.07, 6.45) is 9.76. The highest BCUT2D eigenvalue weighted by molar-refractivity contribution is 7.99. The Kier molecular flexibility index (Phi) is 10.9. The van der Waals surface area contributed by atoms with E-state index >= 15 is 0 Å². The van der Waals surface area contributed by atoms with Gasteiger partial charge in [-0.2, -0.15) is 0 Å². The number of hydrogen-bond acceptors (Lipinski definition) is 7. The summed E-state index contributed by atoms with van der Waals surface area (Å²) >= 11 is 1.91. The highest BCUT2D eigenvalue weighted by Crippen LogP contribution is 2.50. The molecular weight excluding hydrogens is 614 g/mol. The smallest absolute Gasteiger partial charge is 0.334 e. The van der Waals surface area contributed by atoms with E-state index in [9.17, 15) is 14.4 Å². The van der Waals surface area contributed by atoms with Crippen molar-refractivity contribution in [1.82, 2.24) is 4.90 Å². The van der Waals surface area contributed by atoms with E-state index in [1.165, 1.54) is 58.0 Å². The molecule has 4 atom stereocenters. The Balaban J connectivity index is 0.000000152. The van der Waals surface area contributed by atoms with Crippen molar-refractivity contribution >= 4 is 35.2 Å². The number of likely N-dealkylation sites (tertiary alicyclic amines) is 1. The zero-order valence-electron chi connectivity index (χ0n) is 27.2. The number of carbonyl (C=O) groups is 3. The lowest BCUT2D eigenvalue weighted by Gasteiger charge is -2.30. The number of carboxylic acid groups (broad SMARTS) is 2. The van der Waals surface area contributed by atoms with Crippen molar-refractivity contribution in [2.24, 2.45) is 5.92 Å². The first-order chi connectivity index (χ1) is 22.5. The van der Waals surface area contributed by atoms with Crippen LogP contribution in [0, 0.1) is 5.92 Å². The van der Waals surface area contributed by atoms with Crippen molar-refractivity contribution in [3.8, 4) is 0 Å². The standard InChI is InChI=1S/C19H19NS.C15H20O3.C4H4O4/c1-20-12-10-14(11-13-20)19-15-6-2-4-8-17(15)21-18-9-5-3-7-16(18)19;1-9-5-4-8-15(3)13(18-15)12-11(7-6-9)10(2)14(16)17-12;5-3(6)1-2-4(7)8/h2-9H,10-13H2,1H3;5,11-13H,2,4,6-8H2,1,3H3;1-2H,(H,5,6)(H,7,8). The van der Waals surface area contributed by atoms with Gasteiger partial charge in [-0.15, -0.1) is 0 Å². The summed E-state index contributed by atoms with van der Waals surface area (Å²) in [4.78, 5) is 36.0. The molecule has 1 aliphatic carbocycles. The molecule has 0 saturated carbocycles. The molecule has 3 fully saturated rings. The maximum Gasteiger partial charge on any atom is 0.334 e. The first-order valence-corrected chi connectivity index (χ1v) is 16.9. The molecule has 248 valence electrons. The minimum atomic E-state index is -1.26. The molecule has 2 aromatic carbocycles. The number of hydrogen-bond donors (Lipinski definition) is 2. The number of allylic oxidation sites excluding steroid dienone is 2. The normalized spacial score (nSPS) is 26.5. The molecule has 8 nitrogen and oxygen atoms in total. The zero-order chi connectivity index (χ0) is 33.7. The molecule has 2 N–H and O–H groups in total. The topological polar surface area (TPSA) is 117 Å². The van der Waals surface area contributed by atoms with Crippen molar-refractivity contribution in [3.63, 3.8) is 0 Å². The van der Waals surface area contributed by atoms with Crippen LogP contribution in [0.15, 0.2) is 99.8 Å². The number of ether oxygens (including phenoxy) is 2. The molecule has 0 spiro atoms. The number of piperidine rings is 1. The van der Waals surface area contributed by atoms with Crippen LogP contribution in [0.3, 0.4) is 0 Å². The van der Waals surface area contributed by atoms with Crippen LogP contribution in [0.1, 0.15) is 63.5 Å². The molecule has 9 heteroatoms. The van der Waals surface area contributed by atoms with Crippen LogP contribution in [-0.4, -0.2) is 71.0 Å². The van der Waals surface area contributed by atoms with Gasteiger partial charge in [0.2, 0.25) is 0 Å². The second-order valence-corrected chi connectivity index (χ2v) is 14.0. The number of nitrogens with zero attached hydrogens (tertiary/aromatic N) is 1. The number of rotatable bonds is 2. The van der Waals surface area contributed by atoms with Gasteiger partial charge in [0.05, 0.1) is 5.60 Å². The lowest BCUT2D eigenvalue weighted by molar-refractivity contribution is -0.140. The van der Waals surface area contributed by atoms with Gasteiger partial charge < -0.3 is 24.6 Å². The Morgan fingerprint density at radius 2 is 1.55 bits per heavy atom. The predicted octanol–water partition coefficient (Wildman–Crippen LogP) is 7.15. The van der Waals surface area contributed by atoms with E-state index in [4.69, 9.17) is 19.7 Å². The first-order valence-electron chi connectivity index (χ1n) is 16.1. The number of aliphatic carboxylic acids is 2. The number of carbonyl (C=O) groups excluding carboxylic acids is 1. The van der Waals surface area contributed by atoms with Gasteiger partial charge in [-0.3, -0.25) is 0 Å². The Morgan fingerprint density at radius 3 is 2.13 bits per heavy atom. The van der Waals surface area contributed by atoms with E-state index in [2.05, 4.69) is 87.0 Å². The van der Waals surface area contributed by atoms with Gasteiger partial charge in [0, 0.05) is 46.5 Å². The fourth-order valence-corrected chi connectivity index (χ4v) is 7.74. The van der Waals surface area contributed by atoms with Gasteiger partial charge >= 0.3 is 17.9 Å². The van der Waals surface area contributed by atoms with Gasteiger partial charge in [0.15, 0.2) is 0 Å². The Hall–Kier alpha value is -3.92. The lowest BCUT2D eigenvalue weighted by Crippen LogP contribution is -2.28. The molecule has 3 saturated heterocycles. The van der Waals surface area contributed by atoms with E-state index in [1.54, 1.807) is 5.57 Å². The van der Waals surface area contributed by atoms with Crippen LogP contribution < -0.4 is 0 Å². The van der Waals surface area contributed by atoms with Gasteiger partial charge in [-0.05, 0) is 88.3 Å². The van der Waals surface area contributed by atoms with Crippen molar-refractivity contribution < 1.29 is 34.1 Å². The first kappa shape index (κ1) is 34.4.